The van der Waals surface area contributed by atoms with Gasteiger partial charge in [-0.1, -0.05) is 12.1 Å². The molecule has 30 heavy (non-hydrogen) atoms. The minimum absolute atomic E-state index is 0. The van der Waals surface area contributed by atoms with Crippen molar-refractivity contribution in [2.75, 3.05) is 39.1 Å². The van der Waals surface area contributed by atoms with E-state index in [1.165, 1.54) is 23.4 Å². The van der Waals surface area contributed by atoms with Crippen molar-refractivity contribution < 1.29 is 8.42 Å². The Morgan fingerprint density at radius 2 is 1.87 bits per heavy atom. The summed E-state index contributed by atoms with van der Waals surface area (Å²) >= 11 is 1.79. The van der Waals surface area contributed by atoms with E-state index >= 15 is 0 Å². The van der Waals surface area contributed by atoms with Crippen molar-refractivity contribution in [1.29, 1.82) is 0 Å². The Morgan fingerprint density at radius 1 is 1.20 bits per heavy atom. The van der Waals surface area contributed by atoms with E-state index in [2.05, 4.69) is 38.0 Å². The van der Waals surface area contributed by atoms with Crippen LogP contribution in [0.5, 0.6) is 0 Å². The molecule has 7 nitrogen and oxygen atoms in total. The molecule has 0 aliphatic carbocycles. The fourth-order valence-corrected chi connectivity index (χ4v) is 4.94. The largest absolute Gasteiger partial charge is 0.363 e. The highest BCUT2D eigenvalue weighted by Crippen LogP contribution is 2.24. The van der Waals surface area contributed by atoms with E-state index in [1.54, 1.807) is 30.5 Å². The van der Waals surface area contributed by atoms with Gasteiger partial charge in [-0.15, -0.1) is 35.3 Å². The monoisotopic (exact) mass is 563 g/mol. The smallest absolute Gasteiger partial charge is 0.242 e. The predicted molar refractivity (Wildman–Crippen MR) is 136 cm³/mol. The summed E-state index contributed by atoms with van der Waals surface area (Å²) in [4.78, 5) is 7.06. The van der Waals surface area contributed by atoms with Gasteiger partial charge in [0.15, 0.2) is 5.96 Å². The van der Waals surface area contributed by atoms with Crippen molar-refractivity contribution in [3.63, 3.8) is 0 Å². The minimum atomic E-state index is -3.40. The maximum atomic E-state index is 12.2. The van der Waals surface area contributed by atoms with Crippen LogP contribution in [0.2, 0.25) is 0 Å². The quantitative estimate of drug-likeness (QED) is 0.321. The van der Waals surface area contributed by atoms with Crippen LogP contribution in [0.25, 0.3) is 0 Å². The maximum Gasteiger partial charge on any atom is 0.242 e. The number of piperidine rings is 1. The van der Waals surface area contributed by atoms with E-state index in [-0.39, 0.29) is 24.0 Å². The first-order valence-electron chi connectivity index (χ1n) is 9.67. The molecule has 1 aliphatic heterocycles. The summed E-state index contributed by atoms with van der Waals surface area (Å²) in [6.45, 7) is 2.66. The normalized spacial score (nSPS) is 15.7. The molecule has 0 spiro atoms. The van der Waals surface area contributed by atoms with Gasteiger partial charge in [0.1, 0.15) is 0 Å². The first-order chi connectivity index (χ1) is 13.9. The third-order valence-electron chi connectivity index (χ3n) is 5.04. The molecule has 3 rings (SSSR count). The molecule has 2 N–H and O–H groups in total. The molecule has 1 saturated heterocycles. The molecule has 1 fully saturated rings. The van der Waals surface area contributed by atoms with Crippen molar-refractivity contribution in [2.45, 2.75) is 30.3 Å². The summed E-state index contributed by atoms with van der Waals surface area (Å²) in [6.07, 6.45) is 2.13. The number of nitrogens with one attached hydrogen (secondary N) is 2. The van der Waals surface area contributed by atoms with Gasteiger partial charge in [-0.25, -0.2) is 12.7 Å². The average molecular weight is 564 g/mol. The molecular formula is C20H30IN5O2S2. The lowest BCUT2D eigenvalue weighted by Crippen LogP contribution is -2.48. The fourth-order valence-electron chi connectivity index (χ4n) is 3.26. The van der Waals surface area contributed by atoms with E-state index < -0.39 is 10.0 Å². The summed E-state index contributed by atoms with van der Waals surface area (Å²) < 4.78 is 25.5. The molecule has 0 saturated carbocycles. The topological polar surface area (TPSA) is 77.0 Å². The van der Waals surface area contributed by atoms with E-state index in [4.69, 9.17) is 0 Å². The van der Waals surface area contributed by atoms with Crippen LogP contribution in [-0.4, -0.2) is 59.0 Å². The summed E-state index contributed by atoms with van der Waals surface area (Å²) in [6, 6.07) is 11.6. The van der Waals surface area contributed by atoms with Gasteiger partial charge in [-0.2, -0.15) is 0 Å². The van der Waals surface area contributed by atoms with E-state index in [9.17, 15) is 8.42 Å². The molecule has 0 radical (unpaired) electrons. The van der Waals surface area contributed by atoms with Crippen molar-refractivity contribution in [2.24, 2.45) is 4.99 Å². The van der Waals surface area contributed by atoms with Gasteiger partial charge >= 0.3 is 0 Å². The predicted octanol–water partition coefficient (Wildman–Crippen LogP) is 2.95. The van der Waals surface area contributed by atoms with Crippen LogP contribution in [0.4, 0.5) is 5.00 Å². The zero-order chi connectivity index (χ0) is 20.9. The Morgan fingerprint density at radius 3 is 2.40 bits per heavy atom. The highest BCUT2D eigenvalue weighted by atomic mass is 127. The fraction of sp³-hybridized carbons (Fsp3) is 0.450. The molecule has 166 valence electrons. The summed E-state index contributed by atoms with van der Waals surface area (Å²) in [7, 11) is 1.44. The van der Waals surface area contributed by atoms with Crippen molar-refractivity contribution in [3.8, 4) is 0 Å². The summed E-state index contributed by atoms with van der Waals surface area (Å²) in [5, 5.41) is 10.3. The second kappa shape index (κ2) is 11.3. The Kier molecular flexibility index (Phi) is 9.38. The highest BCUT2D eigenvalue weighted by Gasteiger charge is 2.21. The number of rotatable bonds is 6. The highest BCUT2D eigenvalue weighted by molar-refractivity contribution is 14.0. The van der Waals surface area contributed by atoms with Gasteiger partial charge in [-0.3, -0.25) is 4.99 Å². The third-order valence-corrected chi connectivity index (χ3v) is 7.80. The lowest BCUT2D eigenvalue weighted by atomic mass is 10.1. The van der Waals surface area contributed by atoms with Crippen LogP contribution in [0.3, 0.4) is 0 Å². The van der Waals surface area contributed by atoms with E-state index in [0.29, 0.717) is 17.5 Å². The van der Waals surface area contributed by atoms with Gasteiger partial charge in [0.25, 0.3) is 0 Å². The van der Waals surface area contributed by atoms with Crippen molar-refractivity contribution in [3.05, 3.63) is 47.3 Å². The molecule has 1 aliphatic rings. The Bertz CT molecular complexity index is 907. The number of halogens is 1. The first kappa shape index (κ1) is 24.9. The number of nitrogens with zero attached hydrogens (tertiary/aromatic N) is 3. The molecule has 0 bridgehead atoms. The van der Waals surface area contributed by atoms with Crippen LogP contribution >= 0.6 is 35.3 Å². The Labute approximate surface area is 200 Å². The summed E-state index contributed by atoms with van der Waals surface area (Å²) in [5.41, 5.74) is 0.998. The zero-order valence-electron chi connectivity index (χ0n) is 17.5. The second-order valence-electron chi connectivity index (χ2n) is 7.21. The number of hydrogen-bond acceptors (Lipinski definition) is 5. The molecule has 2 heterocycles. The number of benzene rings is 1. The first-order valence-corrected chi connectivity index (χ1v) is 12.0. The molecule has 1 aromatic carbocycles. The summed E-state index contributed by atoms with van der Waals surface area (Å²) in [5.74, 6) is 0.768. The van der Waals surface area contributed by atoms with E-state index in [1.807, 2.05) is 12.1 Å². The molecule has 1 aromatic heterocycles. The second-order valence-corrected chi connectivity index (χ2v) is 10.3. The Balaban J connectivity index is 0.00000320. The lowest BCUT2D eigenvalue weighted by Gasteiger charge is -2.33. The SMILES string of the molecule is CN=C(NCc1ccc(S(=O)(=O)N(C)C)cc1)NC1CCN(c2cccs2)CC1.I. The van der Waals surface area contributed by atoms with Crippen LogP contribution in [0, 0.1) is 0 Å². The molecule has 0 atom stereocenters. The van der Waals surface area contributed by atoms with Gasteiger partial charge in [0.2, 0.25) is 10.0 Å². The molecule has 0 amide bonds. The van der Waals surface area contributed by atoms with Gasteiger partial charge < -0.3 is 15.5 Å². The standard InChI is InChI=1S/C20H29N5O2S2.HI/c1-21-20(23-17-10-12-25(13-11-17)19-5-4-14-28-19)22-15-16-6-8-18(9-7-16)29(26,27)24(2)3;/h4-9,14,17H,10-13,15H2,1-3H3,(H2,21,22,23);1H. The number of anilines is 1. The Hall–Kier alpha value is -1.37. The molecule has 10 heteroatoms. The zero-order valence-corrected chi connectivity index (χ0v) is 21.5. The molecule has 2 aromatic rings. The van der Waals surface area contributed by atoms with Crippen LogP contribution in [-0.2, 0) is 16.6 Å². The maximum absolute atomic E-state index is 12.2. The molecular weight excluding hydrogens is 533 g/mol. The average Bonchev–Trinajstić information content (AvgIpc) is 3.26. The van der Waals surface area contributed by atoms with Crippen LogP contribution in [0.1, 0.15) is 18.4 Å². The number of hydrogen-bond donors (Lipinski definition) is 2. The van der Waals surface area contributed by atoms with Crippen LogP contribution in [0.15, 0.2) is 51.7 Å². The number of guanidine groups is 1. The van der Waals surface area contributed by atoms with Crippen molar-refractivity contribution in [1.82, 2.24) is 14.9 Å². The number of thiophene rings is 1. The molecule has 0 unspecified atom stereocenters. The third kappa shape index (κ3) is 6.32. The number of sulfonamides is 1. The van der Waals surface area contributed by atoms with Gasteiger partial charge in [-0.05, 0) is 48.1 Å². The van der Waals surface area contributed by atoms with E-state index in [0.717, 1.165) is 37.5 Å². The van der Waals surface area contributed by atoms with Gasteiger partial charge in [0, 0.05) is 46.8 Å². The minimum Gasteiger partial charge on any atom is -0.363 e. The lowest BCUT2D eigenvalue weighted by molar-refractivity contribution is 0.463. The van der Waals surface area contributed by atoms with Crippen molar-refractivity contribution >= 4 is 56.3 Å². The van der Waals surface area contributed by atoms with Gasteiger partial charge in [0.05, 0.1) is 9.90 Å². The number of aliphatic imine (C=N–C) groups is 1. The van der Waals surface area contributed by atoms with Crippen LogP contribution < -0.4 is 15.5 Å².